The second-order valence-electron chi connectivity index (χ2n) is 8.63. The van der Waals surface area contributed by atoms with E-state index in [2.05, 4.69) is 15.6 Å². The smallest absolute Gasteiger partial charge is 0.409 e. The molecule has 2 aliphatic heterocycles. The molecule has 0 spiro atoms. The van der Waals surface area contributed by atoms with E-state index < -0.39 is 17.5 Å². The van der Waals surface area contributed by atoms with Gasteiger partial charge in [-0.3, -0.25) is 9.59 Å². The summed E-state index contributed by atoms with van der Waals surface area (Å²) in [6.07, 6.45) is 1.39. The first kappa shape index (κ1) is 24.1. The van der Waals surface area contributed by atoms with E-state index in [1.807, 2.05) is 5.38 Å². The van der Waals surface area contributed by atoms with Crippen LogP contribution in [0.1, 0.15) is 52.9 Å². The number of alkyl halides is 1. The van der Waals surface area contributed by atoms with Crippen molar-refractivity contribution in [3.63, 3.8) is 0 Å². The zero-order chi connectivity index (χ0) is 24.3. The lowest BCUT2D eigenvalue weighted by Gasteiger charge is -2.30. The molecule has 0 radical (unpaired) electrons. The molecule has 1 aromatic heterocycles. The number of methoxy groups -OCH3 is 1. The summed E-state index contributed by atoms with van der Waals surface area (Å²) in [4.78, 5) is 42.8. The largest absolute Gasteiger partial charge is 0.453 e. The van der Waals surface area contributed by atoms with Gasteiger partial charge in [0.25, 0.3) is 5.91 Å². The Morgan fingerprint density at radius 2 is 2.21 bits per heavy atom. The van der Waals surface area contributed by atoms with Gasteiger partial charge in [0, 0.05) is 30.0 Å². The third kappa shape index (κ3) is 5.36. The molecule has 3 heterocycles. The molecule has 11 heteroatoms. The van der Waals surface area contributed by atoms with Gasteiger partial charge in [-0.25, -0.2) is 14.2 Å². The molecule has 2 aromatic rings. The molecule has 0 bridgehead atoms. The normalized spacial score (nSPS) is 22.0. The SMILES string of the molecule is COC(=O)N1CCC[C@@H](c2csc(NC(=O)CNC(=O)c3ccc4c(c3)[C@](C)(F)COC4)n2)C1. The number of rotatable bonds is 5. The molecule has 0 unspecified atom stereocenters. The van der Waals surface area contributed by atoms with E-state index in [4.69, 9.17) is 9.47 Å². The number of amides is 3. The first-order valence-corrected chi connectivity index (χ1v) is 11.9. The number of benzene rings is 1. The first-order chi connectivity index (χ1) is 16.3. The number of likely N-dealkylation sites (tertiary alicyclic amines) is 1. The van der Waals surface area contributed by atoms with E-state index in [1.54, 1.807) is 17.0 Å². The summed E-state index contributed by atoms with van der Waals surface area (Å²) in [5.74, 6) is -0.814. The van der Waals surface area contributed by atoms with E-state index in [-0.39, 0.29) is 30.7 Å². The molecule has 3 amide bonds. The average Bonchev–Trinajstić information content (AvgIpc) is 3.30. The summed E-state index contributed by atoms with van der Waals surface area (Å²) in [5, 5.41) is 7.54. The minimum atomic E-state index is -1.67. The van der Waals surface area contributed by atoms with E-state index in [1.165, 1.54) is 31.4 Å². The van der Waals surface area contributed by atoms with E-state index in [0.29, 0.717) is 36.0 Å². The second-order valence-corrected chi connectivity index (χ2v) is 9.48. The van der Waals surface area contributed by atoms with Crippen molar-refractivity contribution in [1.29, 1.82) is 0 Å². The van der Waals surface area contributed by atoms with Crippen molar-refractivity contribution in [1.82, 2.24) is 15.2 Å². The molecule has 9 nitrogen and oxygen atoms in total. The van der Waals surface area contributed by atoms with Crippen molar-refractivity contribution in [3.8, 4) is 0 Å². The molecular formula is C23H27FN4O5S. The number of nitrogens with one attached hydrogen (secondary N) is 2. The number of nitrogens with zero attached hydrogens (tertiary/aromatic N) is 2. The van der Waals surface area contributed by atoms with Gasteiger partial charge in [-0.1, -0.05) is 6.07 Å². The first-order valence-electron chi connectivity index (χ1n) is 11.0. The molecule has 0 saturated carbocycles. The highest BCUT2D eigenvalue weighted by Crippen LogP contribution is 2.34. The van der Waals surface area contributed by atoms with Crippen LogP contribution >= 0.6 is 11.3 Å². The number of fused-ring (bicyclic) bond motifs is 1. The predicted octanol–water partition coefficient (Wildman–Crippen LogP) is 3.17. The fourth-order valence-electron chi connectivity index (χ4n) is 4.23. The maximum atomic E-state index is 14.7. The van der Waals surface area contributed by atoms with Gasteiger partial charge in [0.1, 0.15) is 0 Å². The standard InChI is InChI=1S/C23H27FN4O5S/c1-23(24)13-33-11-16-6-5-14(8-17(16)23)20(30)25-9-19(29)27-21-26-18(12-34-21)15-4-3-7-28(10-15)22(31)32-2/h5-6,8,12,15H,3-4,7,9-11,13H2,1-2H3,(H,25,30)(H,26,27,29)/t15-,23-/m1/s1. The van der Waals surface area contributed by atoms with Gasteiger partial charge in [0.15, 0.2) is 10.8 Å². The van der Waals surface area contributed by atoms with E-state index in [0.717, 1.165) is 18.5 Å². The van der Waals surface area contributed by atoms with Gasteiger partial charge in [-0.05, 0) is 43.0 Å². The van der Waals surface area contributed by atoms with Crippen LogP contribution in [0, 0.1) is 0 Å². The van der Waals surface area contributed by atoms with Crippen LogP contribution in [0.3, 0.4) is 0 Å². The number of carbonyl (C=O) groups is 3. The Kier molecular flexibility index (Phi) is 7.13. The fourth-order valence-corrected chi connectivity index (χ4v) is 5.04. The number of piperidine rings is 1. The molecule has 1 aromatic carbocycles. The van der Waals surface area contributed by atoms with E-state index >= 15 is 0 Å². The predicted molar refractivity (Wildman–Crippen MR) is 124 cm³/mol. The van der Waals surface area contributed by atoms with Crippen LogP contribution < -0.4 is 10.6 Å². The van der Waals surface area contributed by atoms with Gasteiger partial charge in [0.2, 0.25) is 5.91 Å². The quantitative estimate of drug-likeness (QED) is 0.666. The molecule has 2 N–H and O–H groups in total. The highest BCUT2D eigenvalue weighted by Gasteiger charge is 2.33. The van der Waals surface area contributed by atoms with E-state index in [9.17, 15) is 18.8 Å². The lowest BCUT2D eigenvalue weighted by molar-refractivity contribution is -0.115. The highest BCUT2D eigenvalue weighted by atomic mass is 32.1. The van der Waals surface area contributed by atoms with Crippen LogP contribution in [0.4, 0.5) is 14.3 Å². The molecule has 0 aliphatic carbocycles. The third-order valence-corrected chi connectivity index (χ3v) is 6.79. The summed E-state index contributed by atoms with van der Waals surface area (Å²) < 4.78 is 24.8. The summed E-state index contributed by atoms with van der Waals surface area (Å²) in [6.45, 7) is 2.58. The Morgan fingerprint density at radius 1 is 1.38 bits per heavy atom. The number of anilines is 1. The van der Waals surface area contributed by atoms with Crippen LogP contribution in [-0.4, -0.2) is 61.1 Å². The van der Waals surface area contributed by atoms with Gasteiger partial charge >= 0.3 is 6.09 Å². The number of aromatic nitrogens is 1. The highest BCUT2D eigenvalue weighted by molar-refractivity contribution is 7.13. The molecule has 4 rings (SSSR count). The summed E-state index contributed by atoms with van der Waals surface area (Å²) in [7, 11) is 1.36. The number of halogens is 1. The summed E-state index contributed by atoms with van der Waals surface area (Å²) in [6, 6.07) is 4.77. The monoisotopic (exact) mass is 490 g/mol. The molecule has 1 fully saturated rings. The molecule has 34 heavy (non-hydrogen) atoms. The lowest BCUT2D eigenvalue weighted by Crippen LogP contribution is -2.39. The van der Waals surface area contributed by atoms with Crippen LogP contribution in [0.15, 0.2) is 23.6 Å². The maximum Gasteiger partial charge on any atom is 0.409 e. The Balaban J connectivity index is 1.31. The summed E-state index contributed by atoms with van der Waals surface area (Å²) in [5.41, 5.74) is 0.555. The average molecular weight is 491 g/mol. The van der Waals surface area contributed by atoms with Crippen LogP contribution in [0.25, 0.3) is 0 Å². The third-order valence-electron chi connectivity index (χ3n) is 6.01. The van der Waals surface area contributed by atoms with Crippen molar-refractivity contribution < 1.29 is 28.2 Å². The number of thiazole rings is 1. The number of ether oxygens (including phenoxy) is 2. The Bertz CT molecular complexity index is 1090. The van der Waals surface area contributed by atoms with Crippen molar-refractivity contribution in [2.45, 2.75) is 38.0 Å². The van der Waals surface area contributed by atoms with Gasteiger partial charge in [-0.15, -0.1) is 11.3 Å². The Labute approximate surface area is 200 Å². The number of carbonyl (C=O) groups excluding carboxylic acids is 3. The van der Waals surface area contributed by atoms with Crippen LogP contribution in [0.5, 0.6) is 0 Å². The van der Waals surface area contributed by atoms with Crippen molar-refractivity contribution in [2.75, 3.05) is 38.7 Å². The minimum Gasteiger partial charge on any atom is -0.453 e. The second kappa shape index (κ2) is 10.1. The van der Waals surface area contributed by atoms with Gasteiger partial charge < -0.3 is 25.0 Å². The molecule has 182 valence electrons. The number of hydrogen-bond acceptors (Lipinski definition) is 7. The minimum absolute atomic E-state index is 0.0646. The van der Waals surface area contributed by atoms with Gasteiger partial charge in [-0.2, -0.15) is 0 Å². The topological polar surface area (TPSA) is 110 Å². The van der Waals surface area contributed by atoms with Crippen molar-refractivity contribution in [3.05, 3.63) is 46.0 Å². The molecular weight excluding hydrogens is 463 g/mol. The molecule has 1 saturated heterocycles. The van der Waals surface area contributed by atoms with Crippen molar-refractivity contribution in [2.24, 2.45) is 0 Å². The Morgan fingerprint density at radius 3 is 3.00 bits per heavy atom. The van der Waals surface area contributed by atoms with Gasteiger partial charge in [0.05, 0.1) is 32.6 Å². The zero-order valence-electron chi connectivity index (χ0n) is 19.1. The zero-order valence-corrected chi connectivity index (χ0v) is 19.9. The Hall–Kier alpha value is -3.05. The molecule has 2 atom stereocenters. The lowest BCUT2D eigenvalue weighted by atomic mass is 9.90. The fraction of sp³-hybridized carbons (Fsp3) is 0.478. The van der Waals surface area contributed by atoms with Crippen molar-refractivity contribution >= 4 is 34.4 Å². The number of hydrogen-bond donors (Lipinski definition) is 2. The van der Waals surface area contributed by atoms with Crippen LogP contribution in [0.2, 0.25) is 0 Å². The summed E-state index contributed by atoms with van der Waals surface area (Å²) >= 11 is 1.29. The maximum absolute atomic E-state index is 14.7. The molecule has 2 aliphatic rings. The van der Waals surface area contributed by atoms with Crippen LogP contribution in [-0.2, 0) is 26.5 Å².